The second kappa shape index (κ2) is 5.93. The Morgan fingerprint density at radius 2 is 2.06 bits per heavy atom. The van der Waals surface area contributed by atoms with Crippen molar-refractivity contribution in [2.45, 2.75) is 12.5 Å². The number of halogens is 2. The molecule has 18 heavy (non-hydrogen) atoms. The zero-order valence-corrected chi connectivity index (χ0v) is 12.0. The minimum Gasteiger partial charge on any atom is -0.496 e. The normalized spacial score (nSPS) is 12.4. The molecule has 96 valence electrons. The quantitative estimate of drug-likeness (QED) is 0.910. The molecule has 1 heterocycles. The van der Waals surface area contributed by atoms with Crippen molar-refractivity contribution in [2.24, 2.45) is 0 Å². The summed E-state index contributed by atoms with van der Waals surface area (Å²) in [5.74, 6) is 0.634. The van der Waals surface area contributed by atoms with Crippen molar-refractivity contribution in [3.63, 3.8) is 0 Å². The Kier molecular flexibility index (Phi) is 4.51. The first-order chi connectivity index (χ1) is 8.60. The number of hydrogen-bond donors (Lipinski definition) is 1. The van der Waals surface area contributed by atoms with Gasteiger partial charge in [0.05, 0.1) is 17.6 Å². The third-order valence-electron chi connectivity index (χ3n) is 2.57. The van der Waals surface area contributed by atoms with Crippen LogP contribution >= 0.6 is 34.5 Å². The van der Waals surface area contributed by atoms with Gasteiger partial charge in [0, 0.05) is 21.9 Å². The highest BCUT2D eigenvalue weighted by Crippen LogP contribution is 2.32. The van der Waals surface area contributed by atoms with Crippen LogP contribution in [0.3, 0.4) is 0 Å². The van der Waals surface area contributed by atoms with Gasteiger partial charge in [-0.2, -0.15) is 0 Å². The molecule has 1 atom stereocenters. The van der Waals surface area contributed by atoms with E-state index in [9.17, 15) is 5.11 Å². The monoisotopic (exact) mass is 302 g/mol. The first-order valence-corrected chi connectivity index (χ1v) is 6.93. The summed E-state index contributed by atoms with van der Waals surface area (Å²) in [7, 11) is 1.57. The number of hydrogen-bond acceptors (Lipinski definition) is 3. The van der Waals surface area contributed by atoms with Gasteiger partial charge in [-0.15, -0.1) is 11.3 Å². The van der Waals surface area contributed by atoms with E-state index in [4.69, 9.17) is 27.9 Å². The van der Waals surface area contributed by atoms with Crippen LogP contribution in [0.5, 0.6) is 5.75 Å². The third-order valence-corrected chi connectivity index (χ3v) is 4.06. The van der Waals surface area contributed by atoms with Gasteiger partial charge in [-0.3, -0.25) is 0 Å². The minimum absolute atomic E-state index is 0.494. The fourth-order valence-corrected chi connectivity index (χ4v) is 3.03. The highest BCUT2D eigenvalue weighted by atomic mass is 35.5. The fraction of sp³-hybridized carbons (Fsp3) is 0.231. The molecular weight excluding hydrogens is 291 g/mol. The molecule has 5 heteroatoms. The van der Waals surface area contributed by atoms with Crippen LogP contribution in [0.1, 0.15) is 16.5 Å². The van der Waals surface area contributed by atoms with Gasteiger partial charge in [-0.25, -0.2) is 0 Å². The molecule has 0 amide bonds. The zero-order valence-electron chi connectivity index (χ0n) is 9.69. The molecule has 0 fully saturated rings. The summed E-state index contributed by atoms with van der Waals surface area (Å²) in [6, 6.07) is 8.94. The van der Waals surface area contributed by atoms with Gasteiger partial charge in [0.15, 0.2) is 0 Å². The summed E-state index contributed by atoms with van der Waals surface area (Å²) in [6.45, 7) is 0. The number of methoxy groups -OCH3 is 1. The summed E-state index contributed by atoms with van der Waals surface area (Å²) >= 11 is 13.3. The highest BCUT2D eigenvalue weighted by Gasteiger charge is 2.15. The lowest BCUT2D eigenvalue weighted by Crippen LogP contribution is -2.03. The number of rotatable bonds is 4. The standard InChI is InChI=1S/C13H12Cl2O2S/c1-17-12-4-2-8(14)6-10(12)11(16)7-9-3-5-13(15)18-9/h2-6,11,16H,7H2,1H3. The molecule has 1 aromatic carbocycles. The first-order valence-electron chi connectivity index (χ1n) is 5.36. The lowest BCUT2D eigenvalue weighted by atomic mass is 10.0. The maximum atomic E-state index is 10.2. The minimum atomic E-state index is -0.659. The Morgan fingerprint density at radius 1 is 1.28 bits per heavy atom. The number of aliphatic hydroxyl groups is 1. The van der Waals surface area contributed by atoms with E-state index in [0.717, 1.165) is 9.21 Å². The maximum absolute atomic E-state index is 10.2. The van der Waals surface area contributed by atoms with Crippen molar-refractivity contribution in [3.8, 4) is 5.75 Å². The summed E-state index contributed by atoms with van der Waals surface area (Å²) in [4.78, 5) is 1.02. The van der Waals surface area contributed by atoms with Gasteiger partial charge in [0.2, 0.25) is 0 Å². The van der Waals surface area contributed by atoms with Crippen LogP contribution in [0.25, 0.3) is 0 Å². The van der Waals surface area contributed by atoms with E-state index in [0.29, 0.717) is 22.8 Å². The summed E-state index contributed by atoms with van der Waals surface area (Å²) in [5.41, 5.74) is 0.689. The Morgan fingerprint density at radius 3 is 2.67 bits per heavy atom. The molecule has 0 aliphatic carbocycles. The molecule has 0 aliphatic heterocycles. The molecule has 2 aromatic rings. The van der Waals surface area contributed by atoms with E-state index >= 15 is 0 Å². The average molecular weight is 303 g/mol. The summed E-state index contributed by atoms with van der Waals surface area (Å²) in [5, 5.41) is 10.8. The molecule has 0 saturated heterocycles. The summed E-state index contributed by atoms with van der Waals surface area (Å²) in [6.07, 6.45) is -0.165. The molecule has 2 rings (SSSR count). The van der Waals surface area contributed by atoms with Crippen LogP contribution in [0, 0.1) is 0 Å². The van der Waals surface area contributed by atoms with Gasteiger partial charge in [-0.05, 0) is 30.3 Å². The van der Waals surface area contributed by atoms with E-state index < -0.39 is 6.10 Å². The van der Waals surface area contributed by atoms with Gasteiger partial charge < -0.3 is 9.84 Å². The van der Waals surface area contributed by atoms with Crippen LogP contribution in [0.2, 0.25) is 9.36 Å². The topological polar surface area (TPSA) is 29.5 Å². The number of benzene rings is 1. The zero-order chi connectivity index (χ0) is 13.1. The van der Waals surface area contributed by atoms with Crippen LogP contribution in [0.15, 0.2) is 30.3 Å². The molecule has 0 radical (unpaired) electrons. The van der Waals surface area contributed by atoms with Gasteiger partial charge >= 0.3 is 0 Å². The second-order valence-electron chi connectivity index (χ2n) is 3.81. The van der Waals surface area contributed by atoms with E-state index in [2.05, 4.69) is 0 Å². The summed E-state index contributed by atoms with van der Waals surface area (Å²) < 4.78 is 5.94. The Balaban J connectivity index is 2.22. The molecule has 1 unspecified atom stereocenters. The van der Waals surface area contributed by atoms with Crippen LogP contribution in [-0.2, 0) is 6.42 Å². The van der Waals surface area contributed by atoms with Gasteiger partial charge in [0.1, 0.15) is 5.75 Å². The average Bonchev–Trinajstić information content (AvgIpc) is 2.74. The lowest BCUT2D eigenvalue weighted by Gasteiger charge is -2.14. The number of aliphatic hydroxyl groups excluding tert-OH is 1. The molecular formula is C13H12Cl2O2S. The molecule has 0 spiro atoms. The largest absolute Gasteiger partial charge is 0.496 e. The Bertz CT molecular complexity index is 540. The van der Waals surface area contributed by atoms with Gasteiger partial charge in [0.25, 0.3) is 0 Å². The van der Waals surface area contributed by atoms with Crippen molar-refractivity contribution in [3.05, 3.63) is 50.1 Å². The van der Waals surface area contributed by atoms with Crippen molar-refractivity contribution >= 4 is 34.5 Å². The van der Waals surface area contributed by atoms with Crippen molar-refractivity contribution < 1.29 is 9.84 Å². The molecule has 2 nitrogen and oxygen atoms in total. The van der Waals surface area contributed by atoms with E-state index in [1.807, 2.05) is 12.1 Å². The molecule has 0 saturated carbocycles. The Hall–Kier alpha value is -0.740. The van der Waals surface area contributed by atoms with Crippen LogP contribution in [0.4, 0.5) is 0 Å². The van der Waals surface area contributed by atoms with Crippen molar-refractivity contribution in [2.75, 3.05) is 7.11 Å². The third kappa shape index (κ3) is 3.18. The van der Waals surface area contributed by atoms with Crippen molar-refractivity contribution in [1.29, 1.82) is 0 Å². The predicted molar refractivity (Wildman–Crippen MR) is 76.0 cm³/mol. The smallest absolute Gasteiger partial charge is 0.124 e. The van der Waals surface area contributed by atoms with Crippen molar-refractivity contribution in [1.82, 2.24) is 0 Å². The SMILES string of the molecule is COc1ccc(Cl)cc1C(O)Cc1ccc(Cl)s1. The number of ether oxygens (including phenoxy) is 1. The molecule has 0 aliphatic rings. The van der Waals surface area contributed by atoms with Crippen LogP contribution < -0.4 is 4.74 Å². The first kappa shape index (κ1) is 13.7. The second-order valence-corrected chi connectivity index (χ2v) is 6.05. The van der Waals surface area contributed by atoms with E-state index in [1.54, 1.807) is 25.3 Å². The van der Waals surface area contributed by atoms with Crippen LogP contribution in [-0.4, -0.2) is 12.2 Å². The molecule has 1 N–H and O–H groups in total. The maximum Gasteiger partial charge on any atom is 0.124 e. The number of thiophene rings is 1. The van der Waals surface area contributed by atoms with E-state index in [1.165, 1.54) is 11.3 Å². The Labute approximate surface area is 120 Å². The molecule has 1 aromatic heterocycles. The van der Waals surface area contributed by atoms with E-state index in [-0.39, 0.29) is 0 Å². The highest BCUT2D eigenvalue weighted by molar-refractivity contribution is 7.16. The lowest BCUT2D eigenvalue weighted by molar-refractivity contribution is 0.175. The molecule has 0 bridgehead atoms. The predicted octanol–water partition coefficient (Wildman–Crippen LogP) is 4.34. The fourth-order valence-electron chi connectivity index (χ4n) is 1.73. The van der Waals surface area contributed by atoms with Gasteiger partial charge in [-0.1, -0.05) is 23.2 Å².